The van der Waals surface area contributed by atoms with Crippen molar-refractivity contribution in [3.63, 3.8) is 0 Å². The zero-order chi connectivity index (χ0) is 14.7. The second-order valence-corrected chi connectivity index (χ2v) is 5.35. The quantitative estimate of drug-likeness (QED) is 0.912. The average molecular weight is 293 g/mol. The van der Waals surface area contributed by atoms with E-state index in [1.165, 1.54) is 5.56 Å². The van der Waals surface area contributed by atoms with Crippen LogP contribution in [0.2, 0.25) is 5.02 Å². The van der Waals surface area contributed by atoms with Crippen molar-refractivity contribution in [2.75, 3.05) is 0 Å². The van der Waals surface area contributed by atoms with E-state index < -0.39 is 6.10 Å². The van der Waals surface area contributed by atoms with Crippen LogP contribution in [0.5, 0.6) is 0 Å². The highest BCUT2D eigenvalue weighted by molar-refractivity contribution is 6.31. The van der Waals surface area contributed by atoms with Gasteiger partial charge in [-0.1, -0.05) is 42.8 Å². The highest BCUT2D eigenvalue weighted by Crippen LogP contribution is 2.26. The van der Waals surface area contributed by atoms with E-state index in [4.69, 9.17) is 11.6 Å². The highest BCUT2D eigenvalue weighted by atomic mass is 35.5. The lowest BCUT2D eigenvalue weighted by molar-refractivity contribution is 0.175. The Labute approximate surface area is 125 Å². The normalized spacial score (nSPS) is 12.7. The van der Waals surface area contributed by atoms with Gasteiger partial charge in [0.2, 0.25) is 0 Å². The van der Waals surface area contributed by atoms with Crippen molar-refractivity contribution in [1.29, 1.82) is 0 Å². The van der Waals surface area contributed by atoms with Gasteiger partial charge in [-0.25, -0.2) is 0 Å². The molecule has 0 aliphatic carbocycles. The molecule has 0 saturated heterocycles. The third-order valence-electron chi connectivity index (χ3n) is 3.61. The number of aryl methyl sites for hydroxylation is 3. The molecule has 0 fully saturated rings. The summed E-state index contributed by atoms with van der Waals surface area (Å²) in [6.45, 7) is 6.79. The lowest BCUT2D eigenvalue weighted by atomic mass is 10.0. The molecule has 3 nitrogen and oxygen atoms in total. The van der Waals surface area contributed by atoms with Gasteiger partial charge in [-0.3, -0.25) is 4.68 Å². The maximum absolute atomic E-state index is 10.4. The summed E-state index contributed by atoms with van der Waals surface area (Å²) in [5.41, 5.74) is 3.91. The molecular weight excluding hydrogens is 272 g/mol. The van der Waals surface area contributed by atoms with E-state index in [1.807, 2.05) is 30.7 Å². The molecule has 0 aliphatic rings. The topological polar surface area (TPSA) is 38.1 Å². The molecule has 20 heavy (non-hydrogen) atoms. The van der Waals surface area contributed by atoms with Crippen LogP contribution in [0.4, 0.5) is 0 Å². The van der Waals surface area contributed by atoms with Crippen LogP contribution >= 0.6 is 11.6 Å². The third-order valence-corrected chi connectivity index (χ3v) is 4.10. The number of aliphatic hydroxyl groups is 1. The highest BCUT2D eigenvalue weighted by Gasteiger charge is 2.17. The molecular formula is C16H21ClN2O. The molecule has 0 radical (unpaired) electrons. The standard InChI is InChI=1S/C16H21ClN2O/c1-4-12-6-8-13(9-7-12)15(20)10-14-16(17)11(3)18-19(14)5-2/h6-9,15,20H,4-5,10H2,1-3H3. The molecule has 2 aromatic rings. The van der Waals surface area contributed by atoms with Crippen molar-refractivity contribution >= 4 is 11.6 Å². The van der Waals surface area contributed by atoms with Gasteiger partial charge in [-0.15, -0.1) is 0 Å². The molecule has 1 aromatic heterocycles. The number of aliphatic hydroxyl groups excluding tert-OH is 1. The van der Waals surface area contributed by atoms with E-state index in [-0.39, 0.29) is 0 Å². The predicted octanol–water partition coefficient (Wildman–Crippen LogP) is 3.70. The van der Waals surface area contributed by atoms with Crippen LogP contribution in [0, 0.1) is 6.92 Å². The number of halogens is 1. The van der Waals surface area contributed by atoms with E-state index in [0.29, 0.717) is 11.4 Å². The largest absolute Gasteiger partial charge is 0.388 e. The van der Waals surface area contributed by atoms with Crippen molar-refractivity contribution in [3.05, 3.63) is 51.8 Å². The first-order chi connectivity index (χ1) is 9.56. The Kier molecular flexibility index (Phi) is 4.84. The van der Waals surface area contributed by atoms with Gasteiger partial charge in [0.15, 0.2) is 0 Å². The van der Waals surface area contributed by atoms with Crippen molar-refractivity contribution in [2.24, 2.45) is 0 Å². The molecule has 1 unspecified atom stereocenters. The molecule has 2 rings (SSSR count). The maximum atomic E-state index is 10.4. The summed E-state index contributed by atoms with van der Waals surface area (Å²) >= 11 is 6.28. The van der Waals surface area contributed by atoms with E-state index in [1.54, 1.807) is 0 Å². The van der Waals surface area contributed by atoms with Crippen molar-refractivity contribution in [1.82, 2.24) is 9.78 Å². The fourth-order valence-corrected chi connectivity index (χ4v) is 2.55. The van der Waals surface area contributed by atoms with Crippen molar-refractivity contribution in [3.8, 4) is 0 Å². The Morgan fingerprint density at radius 1 is 1.25 bits per heavy atom. The predicted molar refractivity (Wildman–Crippen MR) is 82.1 cm³/mol. The smallest absolute Gasteiger partial charge is 0.0848 e. The third kappa shape index (κ3) is 3.05. The van der Waals surface area contributed by atoms with E-state index in [0.717, 1.165) is 29.9 Å². The summed E-state index contributed by atoms with van der Waals surface area (Å²) < 4.78 is 1.86. The van der Waals surface area contributed by atoms with E-state index >= 15 is 0 Å². The van der Waals surface area contributed by atoms with E-state index in [9.17, 15) is 5.11 Å². The molecule has 0 aliphatic heterocycles. The average Bonchev–Trinajstić information content (AvgIpc) is 2.75. The fraction of sp³-hybridized carbons (Fsp3) is 0.438. The molecule has 1 aromatic carbocycles. The molecule has 0 saturated carbocycles. The number of benzene rings is 1. The van der Waals surface area contributed by atoms with Crippen LogP contribution < -0.4 is 0 Å². The van der Waals surface area contributed by atoms with Crippen LogP contribution in [0.3, 0.4) is 0 Å². The van der Waals surface area contributed by atoms with Crippen molar-refractivity contribution in [2.45, 2.75) is 46.3 Å². The Bertz CT molecular complexity index is 575. The maximum Gasteiger partial charge on any atom is 0.0848 e. The number of aromatic nitrogens is 2. The second kappa shape index (κ2) is 6.42. The zero-order valence-electron chi connectivity index (χ0n) is 12.2. The zero-order valence-corrected chi connectivity index (χ0v) is 13.0. The molecule has 4 heteroatoms. The summed E-state index contributed by atoms with van der Waals surface area (Å²) in [6.07, 6.45) is 0.933. The van der Waals surface area contributed by atoms with Gasteiger partial charge in [0.05, 0.1) is 22.5 Å². The van der Waals surface area contributed by atoms with Gasteiger partial charge in [-0.05, 0) is 31.4 Å². The molecule has 0 bridgehead atoms. The van der Waals surface area contributed by atoms with Gasteiger partial charge in [0.1, 0.15) is 0 Å². The molecule has 1 heterocycles. The number of hydrogen-bond acceptors (Lipinski definition) is 2. The molecule has 0 amide bonds. The fourth-order valence-electron chi connectivity index (χ4n) is 2.34. The molecule has 1 atom stereocenters. The van der Waals surface area contributed by atoms with Crippen molar-refractivity contribution < 1.29 is 5.11 Å². The summed E-state index contributed by atoms with van der Waals surface area (Å²) in [6, 6.07) is 8.08. The first-order valence-corrected chi connectivity index (χ1v) is 7.43. The summed E-state index contributed by atoms with van der Waals surface area (Å²) in [5, 5.41) is 15.4. The number of nitrogens with zero attached hydrogens (tertiary/aromatic N) is 2. The van der Waals surface area contributed by atoms with Crippen LogP contribution in [0.15, 0.2) is 24.3 Å². The molecule has 1 N–H and O–H groups in total. The van der Waals surface area contributed by atoms with Gasteiger partial charge >= 0.3 is 0 Å². The van der Waals surface area contributed by atoms with Crippen LogP contribution in [-0.4, -0.2) is 14.9 Å². The van der Waals surface area contributed by atoms with Crippen LogP contribution in [0.1, 0.15) is 42.5 Å². The number of rotatable bonds is 5. The minimum Gasteiger partial charge on any atom is -0.388 e. The Morgan fingerprint density at radius 2 is 1.90 bits per heavy atom. The van der Waals surface area contributed by atoms with Gasteiger partial charge in [-0.2, -0.15) is 5.10 Å². The molecule has 0 spiro atoms. The first-order valence-electron chi connectivity index (χ1n) is 7.05. The second-order valence-electron chi connectivity index (χ2n) is 4.98. The number of hydrogen-bond donors (Lipinski definition) is 1. The lowest BCUT2D eigenvalue weighted by Gasteiger charge is -2.13. The molecule has 108 valence electrons. The van der Waals surface area contributed by atoms with Crippen LogP contribution in [-0.2, 0) is 19.4 Å². The summed E-state index contributed by atoms with van der Waals surface area (Å²) in [7, 11) is 0. The summed E-state index contributed by atoms with van der Waals surface area (Å²) in [4.78, 5) is 0. The Morgan fingerprint density at radius 3 is 2.45 bits per heavy atom. The monoisotopic (exact) mass is 292 g/mol. The summed E-state index contributed by atoms with van der Waals surface area (Å²) in [5.74, 6) is 0. The Balaban J connectivity index is 2.20. The van der Waals surface area contributed by atoms with Crippen LogP contribution in [0.25, 0.3) is 0 Å². The van der Waals surface area contributed by atoms with E-state index in [2.05, 4.69) is 24.2 Å². The first kappa shape index (κ1) is 15.1. The van der Waals surface area contributed by atoms with Gasteiger partial charge in [0.25, 0.3) is 0 Å². The minimum absolute atomic E-state index is 0.485. The lowest BCUT2D eigenvalue weighted by Crippen LogP contribution is -2.09. The SMILES string of the molecule is CCc1ccc(C(O)Cc2c(Cl)c(C)nn2CC)cc1. The van der Waals surface area contributed by atoms with Gasteiger partial charge in [0, 0.05) is 13.0 Å². The Hall–Kier alpha value is -1.32. The van der Waals surface area contributed by atoms with Gasteiger partial charge < -0.3 is 5.11 Å². The minimum atomic E-state index is -0.556.